The van der Waals surface area contributed by atoms with Crippen molar-refractivity contribution in [2.45, 2.75) is 0 Å². The maximum absolute atomic E-state index is 4.06. The molecule has 2 heteroatoms. The molecule has 2 nitrogen and oxygen atoms in total. The summed E-state index contributed by atoms with van der Waals surface area (Å²) in [6, 6.07) is 14.2. The smallest absolute Gasteiger partial charge is 0.0930 e. The molecule has 0 amide bonds. The predicted octanol–water partition coefficient (Wildman–Crippen LogP) is 3.55. The summed E-state index contributed by atoms with van der Waals surface area (Å²) in [5, 5.41) is 10.2. The SMILES string of the molecule is CN=Nc1cccc2ccccc12. The lowest BCUT2D eigenvalue weighted by Crippen LogP contribution is -1.71. The zero-order valence-electron chi connectivity index (χ0n) is 7.44. The van der Waals surface area contributed by atoms with Crippen LogP contribution in [0.15, 0.2) is 52.7 Å². The van der Waals surface area contributed by atoms with E-state index >= 15 is 0 Å². The van der Waals surface area contributed by atoms with E-state index in [1.807, 2.05) is 24.3 Å². The summed E-state index contributed by atoms with van der Waals surface area (Å²) < 4.78 is 0. The van der Waals surface area contributed by atoms with Crippen molar-refractivity contribution in [1.29, 1.82) is 0 Å². The molecule has 0 unspecified atom stereocenters. The quantitative estimate of drug-likeness (QED) is 0.585. The van der Waals surface area contributed by atoms with Gasteiger partial charge in [0, 0.05) is 12.4 Å². The number of fused-ring (bicyclic) bond motifs is 1. The molecule has 0 bridgehead atoms. The first kappa shape index (κ1) is 7.92. The Kier molecular flexibility index (Phi) is 2.04. The van der Waals surface area contributed by atoms with Crippen LogP contribution >= 0.6 is 0 Å². The van der Waals surface area contributed by atoms with Gasteiger partial charge in [-0.25, -0.2) is 0 Å². The molecular weight excluding hydrogens is 160 g/mol. The minimum Gasteiger partial charge on any atom is -0.192 e. The second kappa shape index (κ2) is 3.35. The van der Waals surface area contributed by atoms with Crippen LogP contribution in [0.3, 0.4) is 0 Å². The van der Waals surface area contributed by atoms with Gasteiger partial charge in [-0.05, 0) is 11.5 Å². The van der Waals surface area contributed by atoms with E-state index in [0.717, 1.165) is 11.1 Å². The van der Waals surface area contributed by atoms with Gasteiger partial charge in [-0.15, -0.1) is 0 Å². The second-order valence-corrected chi connectivity index (χ2v) is 2.80. The highest BCUT2D eigenvalue weighted by molar-refractivity contribution is 5.92. The molecule has 13 heavy (non-hydrogen) atoms. The molecule has 0 radical (unpaired) electrons. The van der Waals surface area contributed by atoms with Crippen molar-refractivity contribution in [1.82, 2.24) is 0 Å². The zero-order valence-corrected chi connectivity index (χ0v) is 7.44. The Morgan fingerprint density at radius 1 is 0.923 bits per heavy atom. The van der Waals surface area contributed by atoms with E-state index in [9.17, 15) is 0 Å². The average molecular weight is 170 g/mol. The Labute approximate surface area is 76.9 Å². The Balaban J connectivity index is 2.75. The number of hydrogen-bond donors (Lipinski definition) is 0. The van der Waals surface area contributed by atoms with Gasteiger partial charge >= 0.3 is 0 Å². The van der Waals surface area contributed by atoms with E-state index in [1.165, 1.54) is 5.39 Å². The molecule has 0 saturated heterocycles. The summed E-state index contributed by atoms with van der Waals surface area (Å²) in [6.45, 7) is 0. The van der Waals surface area contributed by atoms with Gasteiger partial charge in [0.15, 0.2) is 0 Å². The molecular formula is C11H10N2. The topological polar surface area (TPSA) is 24.7 Å². The molecule has 0 aromatic heterocycles. The number of benzene rings is 2. The van der Waals surface area contributed by atoms with Gasteiger partial charge in [-0.2, -0.15) is 10.2 Å². The lowest BCUT2D eigenvalue weighted by Gasteiger charge is -1.98. The Bertz CT molecular complexity index is 441. The van der Waals surface area contributed by atoms with Crippen LogP contribution in [0.25, 0.3) is 10.8 Å². The molecule has 2 aromatic rings. The molecule has 0 atom stereocenters. The first-order valence-electron chi connectivity index (χ1n) is 4.19. The molecule has 0 spiro atoms. The van der Waals surface area contributed by atoms with Crippen LogP contribution in [0.2, 0.25) is 0 Å². The molecule has 0 aliphatic rings. The van der Waals surface area contributed by atoms with Crippen LogP contribution in [0, 0.1) is 0 Å². The fraction of sp³-hybridized carbons (Fsp3) is 0.0909. The van der Waals surface area contributed by atoms with Crippen LogP contribution in [-0.2, 0) is 0 Å². The molecule has 0 saturated carbocycles. The van der Waals surface area contributed by atoms with Crippen molar-refractivity contribution in [2.75, 3.05) is 7.05 Å². The largest absolute Gasteiger partial charge is 0.192 e. The molecule has 2 rings (SSSR count). The maximum Gasteiger partial charge on any atom is 0.0930 e. The zero-order chi connectivity index (χ0) is 9.10. The van der Waals surface area contributed by atoms with Crippen molar-refractivity contribution in [3.63, 3.8) is 0 Å². The fourth-order valence-electron chi connectivity index (χ4n) is 1.40. The number of azo groups is 1. The average Bonchev–Trinajstić information content (AvgIpc) is 2.19. The Morgan fingerprint density at radius 2 is 1.69 bits per heavy atom. The summed E-state index contributed by atoms with van der Waals surface area (Å²) >= 11 is 0. The minimum absolute atomic E-state index is 0.931. The molecule has 0 aliphatic heterocycles. The van der Waals surface area contributed by atoms with E-state index < -0.39 is 0 Å². The molecule has 0 aliphatic carbocycles. The summed E-state index contributed by atoms with van der Waals surface area (Å²) in [5.41, 5.74) is 0.931. The van der Waals surface area contributed by atoms with Gasteiger partial charge in [0.25, 0.3) is 0 Å². The Hall–Kier alpha value is -1.70. The molecule has 0 fully saturated rings. The third-order valence-corrected chi connectivity index (χ3v) is 1.97. The molecule has 2 aromatic carbocycles. The number of hydrogen-bond acceptors (Lipinski definition) is 2. The van der Waals surface area contributed by atoms with Crippen LogP contribution in [-0.4, -0.2) is 7.05 Å². The minimum atomic E-state index is 0.931. The summed E-state index contributed by atoms with van der Waals surface area (Å²) in [6.07, 6.45) is 0. The van der Waals surface area contributed by atoms with Gasteiger partial charge in [0.05, 0.1) is 5.69 Å². The van der Waals surface area contributed by atoms with Gasteiger partial charge in [0.2, 0.25) is 0 Å². The van der Waals surface area contributed by atoms with Crippen LogP contribution in [0.5, 0.6) is 0 Å². The third-order valence-electron chi connectivity index (χ3n) is 1.97. The lowest BCUT2D eigenvalue weighted by molar-refractivity contribution is 1.18. The van der Waals surface area contributed by atoms with E-state index in [-0.39, 0.29) is 0 Å². The molecule has 0 N–H and O–H groups in total. The van der Waals surface area contributed by atoms with E-state index in [0.29, 0.717) is 0 Å². The predicted molar refractivity (Wildman–Crippen MR) is 54.4 cm³/mol. The monoisotopic (exact) mass is 170 g/mol. The first-order valence-corrected chi connectivity index (χ1v) is 4.19. The number of nitrogens with zero attached hydrogens (tertiary/aromatic N) is 2. The molecule has 64 valence electrons. The third kappa shape index (κ3) is 1.43. The fourth-order valence-corrected chi connectivity index (χ4v) is 1.40. The highest BCUT2D eigenvalue weighted by atomic mass is 15.1. The summed E-state index contributed by atoms with van der Waals surface area (Å²) in [5.74, 6) is 0. The summed E-state index contributed by atoms with van der Waals surface area (Å²) in [7, 11) is 1.68. The van der Waals surface area contributed by atoms with Crippen LogP contribution in [0.1, 0.15) is 0 Å². The standard InChI is InChI=1S/C11H10N2/c1-12-13-11-8-4-6-9-5-2-3-7-10(9)11/h2-8H,1H3. The highest BCUT2D eigenvalue weighted by Crippen LogP contribution is 2.25. The molecule has 0 heterocycles. The normalized spacial score (nSPS) is 11.2. The van der Waals surface area contributed by atoms with Gasteiger partial charge in [-0.3, -0.25) is 0 Å². The van der Waals surface area contributed by atoms with Crippen LogP contribution in [0.4, 0.5) is 5.69 Å². The van der Waals surface area contributed by atoms with E-state index in [2.05, 4.69) is 28.4 Å². The Morgan fingerprint density at radius 3 is 2.54 bits per heavy atom. The lowest BCUT2D eigenvalue weighted by atomic mass is 10.1. The van der Waals surface area contributed by atoms with Gasteiger partial charge in [-0.1, -0.05) is 36.4 Å². The van der Waals surface area contributed by atoms with E-state index in [1.54, 1.807) is 7.05 Å². The van der Waals surface area contributed by atoms with Gasteiger partial charge < -0.3 is 0 Å². The van der Waals surface area contributed by atoms with Crippen molar-refractivity contribution in [3.05, 3.63) is 42.5 Å². The first-order chi connectivity index (χ1) is 6.42. The van der Waals surface area contributed by atoms with Gasteiger partial charge in [0.1, 0.15) is 0 Å². The van der Waals surface area contributed by atoms with Crippen molar-refractivity contribution in [3.8, 4) is 0 Å². The van der Waals surface area contributed by atoms with E-state index in [4.69, 9.17) is 0 Å². The van der Waals surface area contributed by atoms with Crippen molar-refractivity contribution >= 4 is 16.5 Å². The van der Waals surface area contributed by atoms with Crippen molar-refractivity contribution < 1.29 is 0 Å². The van der Waals surface area contributed by atoms with Crippen LogP contribution < -0.4 is 0 Å². The maximum atomic E-state index is 4.06. The van der Waals surface area contributed by atoms with Crippen molar-refractivity contribution in [2.24, 2.45) is 10.2 Å². The summed E-state index contributed by atoms with van der Waals surface area (Å²) in [4.78, 5) is 0. The highest BCUT2D eigenvalue weighted by Gasteiger charge is 1.96. The number of rotatable bonds is 1. The second-order valence-electron chi connectivity index (χ2n) is 2.80.